The quantitative estimate of drug-likeness (QED) is 0.690. The predicted molar refractivity (Wildman–Crippen MR) is 51.0 cm³/mol. The minimum atomic E-state index is 0.704. The van der Waals surface area contributed by atoms with Crippen LogP contribution in [0.4, 0.5) is 5.69 Å². The molecule has 62 valence electrons. The smallest absolute Gasteiger partial charge is 0.0659 e. The first-order valence-corrected chi connectivity index (χ1v) is 4.50. The lowest BCUT2D eigenvalue weighted by atomic mass is 10.2. The fourth-order valence-corrected chi connectivity index (χ4v) is 1.85. The fourth-order valence-electron chi connectivity index (χ4n) is 1.44. The van der Waals surface area contributed by atoms with Gasteiger partial charge >= 0.3 is 0 Å². The molecule has 0 saturated carbocycles. The van der Waals surface area contributed by atoms with E-state index in [1.54, 1.807) is 0 Å². The van der Waals surface area contributed by atoms with Gasteiger partial charge in [-0.15, -0.1) is 4.91 Å². The van der Waals surface area contributed by atoms with Crippen LogP contribution < -0.4 is 5.01 Å². The Bertz CT molecular complexity index is 327. The second-order valence-corrected chi connectivity index (χ2v) is 3.64. The SMILES string of the molecule is O=NN1CCc2cc(Br)ccc21. The van der Waals surface area contributed by atoms with E-state index >= 15 is 0 Å². The second kappa shape index (κ2) is 2.86. The molecule has 0 aromatic heterocycles. The summed E-state index contributed by atoms with van der Waals surface area (Å²) >= 11 is 3.38. The number of fused-ring (bicyclic) bond motifs is 1. The molecule has 1 aromatic rings. The van der Waals surface area contributed by atoms with Crippen molar-refractivity contribution < 1.29 is 0 Å². The van der Waals surface area contributed by atoms with Crippen molar-refractivity contribution in [3.63, 3.8) is 0 Å². The summed E-state index contributed by atoms with van der Waals surface area (Å²) in [5.41, 5.74) is 2.12. The Hall–Kier alpha value is -0.900. The number of nitroso groups, excluding NO2 is 1. The molecular formula is C8H7BrN2O. The van der Waals surface area contributed by atoms with Crippen LogP contribution in [0.15, 0.2) is 28.0 Å². The summed E-state index contributed by atoms with van der Waals surface area (Å²) in [5, 5.41) is 4.41. The molecule has 1 heterocycles. The van der Waals surface area contributed by atoms with Crippen molar-refractivity contribution in [1.82, 2.24) is 0 Å². The first-order valence-electron chi connectivity index (χ1n) is 3.70. The van der Waals surface area contributed by atoms with Crippen molar-refractivity contribution in [2.75, 3.05) is 11.6 Å². The molecule has 3 nitrogen and oxygen atoms in total. The first kappa shape index (κ1) is 7.73. The minimum Gasteiger partial charge on any atom is -0.229 e. The molecule has 0 unspecified atom stereocenters. The van der Waals surface area contributed by atoms with Crippen LogP contribution in [-0.2, 0) is 6.42 Å². The number of hydrogen-bond donors (Lipinski definition) is 0. The molecule has 0 spiro atoms. The predicted octanol–water partition coefficient (Wildman–Crippen LogP) is 2.49. The molecule has 1 aliphatic heterocycles. The largest absolute Gasteiger partial charge is 0.229 e. The number of hydrogen-bond acceptors (Lipinski definition) is 2. The van der Waals surface area contributed by atoms with Crippen molar-refractivity contribution in [3.8, 4) is 0 Å². The van der Waals surface area contributed by atoms with Crippen LogP contribution in [0, 0.1) is 4.91 Å². The Morgan fingerprint density at radius 1 is 1.50 bits per heavy atom. The minimum absolute atomic E-state index is 0.704. The summed E-state index contributed by atoms with van der Waals surface area (Å²) in [6, 6.07) is 5.86. The van der Waals surface area contributed by atoms with Gasteiger partial charge in [-0.2, -0.15) is 0 Å². The van der Waals surface area contributed by atoms with E-state index in [9.17, 15) is 4.91 Å². The van der Waals surface area contributed by atoms with Crippen LogP contribution in [0.1, 0.15) is 5.56 Å². The van der Waals surface area contributed by atoms with Crippen molar-refractivity contribution in [1.29, 1.82) is 0 Å². The molecule has 0 bridgehead atoms. The number of benzene rings is 1. The molecule has 1 aliphatic rings. The molecule has 12 heavy (non-hydrogen) atoms. The third-order valence-electron chi connectivity index (χ3n) is 2.01. The lowest BCUT2D eigenvalue weighted by Crippen LogP contribution is -2.10. The highest BCUT2D eigenvalue weighted by molar-refractivity contribution is 9.10. The molecule has 0 N–H and O–H groups in total. The monoisotopic (exact) mass is 226 g/mol. The van der Waals surface area contributed by atoms with Gasteiger partial charge in [-0.1, -0.05) is 15.9 Å². The van der Waals surface area contributed by atoms with E-state index in [-0.39, 0.29) is 0 Å². The van der Waals surface area contributed by atoms with Crippen LogP contribution in [0.5, 0.6) is 0 Å². The molecule has 0 amide bonds. The molecule has 0 radical (unpaired) electrons. The van der Waals surface area contributed by atoms with Gasteiger partial charge in [0.2, 0.25) is 0 Å². The lowest BCUT2D eigenvalue weighted by Gasteiger charge is -2.06. The van der Waals surface area contributed by atoms with E-state index in [4.69, 9.17) is 0 Å². The molecule has 4 heteroatoms. The van der Waals surface area contributed by atoms with Gasteiger partial charge < -0.3 is 0 Å². The number of nitrogens with zero attached hydrogens (tertiary/aromatic N) is 2. The Morgan fingerprint density at radius 3 is 3.08 bits per heavy atom. The molecule has 1 aromatic carbocycles. The third kappa shape index (κ3) is 1.12. The molecule has 0 fully saturated rings. The van der Waals surface area contributed by atoms with Crippen LogP contribution in [-0.4, -0.2) is 6.54 Å². The number of halogens is 1. The summed E-state index contributed by atoms with van der Waals surface area (Å²) in [6.45, 7) is 0.704. The van der Waals surface area contributed by atoms with E-state index in [1.165, 1.54) is 10.6 Å². The van der Waals surface area contributed by atoms with E-state index in [1.807, 2.05) is 18.2 Å². The second-order valence-electron chi connectivity index (χ2n) is 2.73. The summed E-state index contributed by atoms with van der Waals surface area (Å²) in [5.74, 6) is 0. The molecule has 0 aliphatic carbocycles. The highest BCUT2D eigenvalue weighted by Gasteiger charge is 2.18. The van der Waals surface area contributed by atoms with Gasteiger partial charge in [0.1, 0.15) is 0 Å². The average Bonchev–Trinajstić information content (AvgIpc) is 2.46. The van der Waals surface area contributed by atoms with Crippen molar-refractivity contribution in [3.05, 3.63) is 33.1 Å². The molecule has 2 rings (SSSR count). The number of anilines is 1. The van der Waals surface area contributed by atoms with Crippen LogP contribution in [0.25, 0.3) is 0 Å². The zero-order valence-corrected chi connectivity index (χ0v) is 7.91. The molecular weight excluding hydrogens is 220 g/mol. The topological polar surface area (TPSA) is 32.7 Å². The van der Waals surface area contributed by atoms with E-state index in [0.29, 0.717) is 6.54 Å². The normalized spacial score (nSPS) is 14.6. The summed E-state index contributed by atoms with van der Waals surface area (Å²) in [4.78, 5) is 10.3. The standard InChI is InChI=1S/C8H7BrN2O/c9-7-1-2-8-6(5-7)3-4-11(8)10-12/h1-2,5H,3-4H2. The molecule has 0 atom stereocenters. The highest BCUT2D eigenvalue weighted by atomic mass is 79.9. The number of rotatable bonds is 1. The van der Waals surface area contributed by atoms with Gasteiger partial charge in [-0.05, 0) is 30.2 Å². The third-order valence-corrected chi connectivity index (χ3v) is 2.50. The first-order chi connectivity index (χ1) is 5.81. The maximum absolute atomic E-state index is 10.3. The van der Waals surface area contributed by atoms with Gasteiger partial charge in [0, 0.05) is 11.0 Å². The zero-order chi connectivity index (χ0) is 8.55. The van der Waals surface area contributed by atoms with E-state index in [2.05, 4.69) is 21.2 Å². The maximum atomic E-state index is 10.3. The van der Waals surface area contributed by atoms with Crippen molar-refractivity contribution >= 4 is 21.6 Å². The van der Waals surface area contributed by atoms with Crippen molar-refractivity contribution in [2.45, 2.75) is 6.42 Å². The Labute approximate surface area is 78.4 Å². The lowest BCUT2D eigenvalue weighted by molar-refractivity contribution is 0.885. The van der Waals surface area contributed by atoms with Crippen LogP contribution >= 0.6 is 15.9 Å². The fraction of sp³-hybridized carbons (Fsp3) is 0.250. The van der Waals surface area contributed by atoms with Gasteiger partial charge in [-0.25, -0.2) is 5.01 Å². The highest BCUT2D eigenvalue weighted by Crippen LogP contribution is 2.30. The van der Waals surface area contributed by atoms with Gasteiger partial charge in [-0.3, -0.25) is 0 Å². The Kier molecular flexibility index (Phi) is 1.84. The van der Waals surface area contributed by atoms with Crippen LogP contribution in [0.2, 0.25) is 0 Å². The summed E-state index contributed by atoms with van der Waals surface area (Å²) < 4.78 is 1.05. The summed E-state index contributed by atoms with van der Waals surface area (Å²) in [7, 11) is 0. The van der Waals surface area contributed by atoms with Gasteiger partial charge in [0.15, 0.2) is 0 Å². The molecule has 0 saturated heterocycles. The van der Waals surface area contributed by atoms with Crippen molar-refractivity contribution in [2.24, 2.45) is 5.29 Å². The maximum Gasteiger partial charge on any atom is 0.0659 e. The van der Waals surface area contributed by atoms with E-state index < -0.39 is 0 Å². The Morgan fingerprint density at radius 2 is 2.33 bits per heavy atom. The van der Waals surface area contributed by atoms with Gasteiger partial charge in [0.25, 0.3) is 0 Å². The van der Waals surface area contributed by atoms with Gasteiger partial charge in [0.05, 0.1) is 11.0 Å². The zero-order valence-electron chi connectivity index (χ0n) is 6.33. The van der Waals surface area contributed by atoms with Crippen LogP contribution in [0.3, 0.4) is 0 Å². The Balaban J connectivity index is 2.47. The summed E-state index contributed by atoms with van der Waals surface area (Å²) in [6.07, 6.45) is 0.903. The van der Waals surface area contributed by atoms with E-state index in [0.717, 1.165) is 16.6 Å². The average molecular weight is 227 g/mol.